The van der Waals surface area contributed by atoms with E-state index in [0.29, 0.717) is 12.1 Å². The summed E-state index contributed by atoms with van der Waals surface area (Å²) in [7, 11) is -1.89. The van der Waals surface area contributed by atoms with Gasteiger partial charge in [0.05, 0.1) is 6.61 Å². The van der Waals surface area contributed by atoms with Gasteiger partial charge in [-0.05, 0) is 44.7 Å². The average molecular weight is 487 g/mol. The Bertz CT molecular complexity index is 1120. The number of nitrogens with zero attached hydrogens (tertiary/aromatic N) is 2. The molecule has 34 heavy (non-hydrogen) atoms. The molecule has 0 saturated heterocycles. The summed E-state index contributed by atoms with van der Waals surface area (Å²) in [6.45, 7) is 6.50. The molecule has 184 valence electrons. The Labute approximate surface area is 203 Å². The lowest BCUT2D eigenvalue weighted by Crippen LogP contribution is -2.49. The second-order valence-electron chi connectivity index (χ2n) is 9.03. The van der Waals surface area contributed by atoms with E-state index in [-0.39, 0.29) is 35.8 Å². The van der Waals surface area contributed by atoms with Gasteiger partial charge < -0.3 is 14.9 Å². The molecule has 0 fully saturated rings. The second kappa shape index (κ2) is 11.3. The van der Waals surface area contributed by atoms with Crippen molar-refractivity contribution in [3.63, 3.8) is 0 Å². The van der Waals surface area contributed by atoms with E-state index in [1.807, 2.05) is 32.2 Å². The van der Waals surface area contributed by atoms with Crippen LogP contribution in [0.5, 0.6) is 5.75 Å². The van der Waals surface area contributed by atoms with Crippen LogP contribution in [0.15, 0.2) is 53.4 Å². The highest BCUT2D eigenvalue weighted by molar-refractivity contribution is 7.89. The molecule has 0 saturated carbocycles. The molecule has 2 N–H and O–H groups in total. The van der Waals surface area contributed by atoms with Gasteiger partial charge in [0.25, 0.3) is 0 Å². The van der Waals surface area contributed by atoms with Crippen LogP contribution in [0.1, 0.15) is 31.9 Å². The number of benzene rings is 2. The highest BCUT2D eigenvalue weighted by atomic mass is 32.2. The Morgan fingerprint density at radius 1 is 1.21 bits per heavy atom. The van der Waals surface area contributed by atoms with Crippen molar-refractivity contribution in [2.75, 3.05) is 26.7 Å². The smallest absolute Gasteiger partial charge is 0.247 e. The molecule has 0 aliphatic carbocycles. The first-order chi connectivity index (χ1) is 16.1. The van der Waals surface area contributed by atoms with Gasteiger partial charge in [-0.3, -0.25) is 4.90 Å². The molecule has 0 radical (unpaired) electrons. The molecule has 1 aliphatic rings. The highest BCUT2D eigenvalue weighted by Crippen LogP contribution is 2.34. The van der Waals surface area contributed by atoms with Crippen LogP contribution in [-0.4, -0.2) is 72.8 Å². The number of aliphatic hydroxyl groups excluding tert-OH is 2. The molecular weight excluding hydrogens is 452 g/mol. The number of ether oxygens (including phenoxy) is 1. The molecular formula is C26H34N2O5S. The number of hydrogen-bond acceptors (Lipinski definition) is 6. The molecule has 0 aromatic heterocycles. The number of fused-ring (bicyclic) bond motifs is 1. The first-order valence-corrected chi connectivity index (χ1v) is 12.9. The third-order valence-corrected chi connectivity index (χ3v) is 7.90. The van der Waals surface area contributed by atoms with E-state index in [2.05, 4.69) is 28.9 Å². The fourth-order valence-corrected chi connectivity index (χ4v) is 5.80. The molecule has 1 aliphatic heterocycles. The molecule has 8 heteroatoms. The Hall–Kier alpha value is -2.41. The minimum atomic E-state index is -3.90. The standard InChI is InChI=1S/C26H34N2O5S/c1-19-15-28(20(2)18-29)34(31,32)26-13-12-22(11-10-21(3)30)14-24(26)33-25(19)17-27(4)16-23-8-6-5-7-9-23/h5-9,12-14,19-21,25,29-30H,15-18H2,1-4H3/t19-,20+,21-,25+/m0/s1. The summed E-state index contributed by atoms with van der Waals surface area (Å²) in [6.07, 6.45) is -1.09. The predicted octanol–water partition coefficient (Wildman–Crippen LogP) is 2.32. The van der Waals surface area contributed by atoms with E-state index >= 15 is 0 Å². The zero-order valence-corrected chi connectivity index (χ0v) is 21.0. The third kappa shape index (κ3) is 6.38. The molecule has 3 rings (SSSR count). The normalized spacial score (nSPS) is 21.9. The predicted molar refractivity (Wildman–Crippen MR) is 132 cm³/mol. The Balaban J connectivity index is 1.99. The van der Waals surface area contributed by atoms with Crippen molar-refractivity contribution in [3.05, 3.63) is 59.7 Å². The summed E-state index contributed by atoms with van der Waals surface area (Å²) >= 11 is 0. The summed E-state index contributed by atoms with van der Waals surface area (Å²) in [4.78, 5) is 2.21. The lowest BCUT2D eigenvalue weighted by molar-refractivity contribution is 0.0733. The quantitative estimate of drug-likeness (QED) is 0.609. The van der Waals surface area contributed by atoms with E-state index in [9.17, 15) is 18.6 Å². The number of aliphatic hydroxyl groups is 2. The Morgan fingerprint density at radius 2 is 1.91 bits per heavy atom. The summed E-state index contributed by atoms with van der Waals surface area (Å²) < 4.78 is 34.8. The monoisotopic (exact) mass is 486 g/mol. The SMILES string of the molecule is C[C@H](O)C#Cc1ccc2c(c1)O[C@H](CN(C)Cc1ccccc1)[C@@H](C)CN([C@H](C)CO)S2(=O)=O. The van der Waals surface area contributed by atoms with Crippen LogP contribution < -0.4 is 4.74 Å². The lowest BCUT2D eigenvalue weighted by atomic mass is 10.0. The van der Waals surface area contributed by atoms with Gasteiger partial charge in [0, 0.05) is 37.2 Å². The number of rotatable bonds is 6. The highest BCUT2D eigenvalue weighted by Gasteiger charge is 2.38. The summed E-state index contributed by atoms with van der Waals surface area (Å²) in [5.41, 5.74) is 1.74. The van der Waals surface area contributed by atoms with Gasteiger partial charge >= 0.3 is 0 Å². The maximum atomic E-state index is 13.5. The van der Waals surface area contributed by atoms with E-state index in [1.165, 1.54) is 15.9 Å². The van der Waals surface area contributed by atoms with Crippen molar-refractivity contribution in [2.45, 2.75) is 50.5 Å². The summed E-state index contributed by atoms with van der Waals surface area (Å²) in [5.74, 6) is 5.64. The molecule has 2 aromatic carbocycles. The molecule has 4 atom stereocenters. The van der Waals surface area contributed by atoms with Gasteiger partial charge in [-0.25, -0.2) is 8.42 Å². The summed E-state index contributed by atoms with van der Waals surface area (Å²) in [6, 6.07) is 14.3. The lowest BCUT2D eigenvalue weighted by Gasteiger charge is -2.37. The van der Waals surface area contributed by atoms with E-state index in [4.69, 9.17) is 4.74 Å². The molecule has 0 spiro atoms. The van der Waals surface area contributed by atoms with E-state index < -0.39 is 22.2 Å². The van der Waals surface area contributed by atoms with Crippen LogP contribution in [0.2, 0.25) is 0 Å². The Morgan fingerprint density at radius 3 is 2.56 bits per heavy atom. The zero-order chi connectivity index (χ0) is 24.9. The van der Waals surface area contributed by atoms with Crippen LogP contribution in [-0.2, 0) is 16.6 Å². The summed E-state index contributed by atoms with van der Waals surface area (Å²) in [5, 5.41) is 19.3. The van der Waals surface area contributed by atoms with Crippen molar-refractivity contribution < 1.29 is 23.4 Å². The molecule has 0 unspecified atom stereocenters. The van der Waals surface area contributed by atoms with Gasteiger partial charge in [0.15, 0.2) is 0 Å². The van der Waals surface area contributed by atoms with E-state index in [0.717, 1.165) is 6.54 Å². The van der Waals surface area contributed by atoms with Crippen molar-refractivity contribution in [1.82, 2.24) is 9.21 Å². The van der Waals surface area contributed by atoms with E-state index in [1.54, 1.807) is 26.0 Å². The topological polar surface area (TPSA) is 90.3 Å². The van der Waals surface area contributed by atoms with Crippen molar-refractivity contribution >= 4 is 10.0 Å². The van der Waals surface area contributed by atoms with Gasteiger partial charge in [-0.1, -0.05) is 49.1 Å². The Kier molecular flexibility index (Phi) is 8.74. The largest absolute Gasteiger partial charge is 0.487 e. The molecule has 7 nitrogen and oxygen atoms in total. The van der Waals surface area contributed by atoms with Crippen LogP contribution >= 0.6 is 0 Å². The maximum absolute atomic E-state index is 13.5. The first-order valence-electron chi connectivity index (χ1n) is 11.5. The first kappa shape index (κ1) is 26.2. The van der Waals surface area contributed by atoms with Crippen molar-refractivity contribution in [2.24, 2.45) is 5.92 Å². The van der Waals surface area contributed by atoms with Crippen LogP contribution in [0.4, 0.5) is 0 Å². The van der Waals surface area contributed by atoms with Crippen LogP contribution in [0.25, 0.3) is 0 Å². The second-order valence-corrected chi connectivity index (χ2v) is 10.9. The number of sulfonamides is 1. The zero-order valence-electron chi connectivity index (χ0n) is 20.2. The maximum Gasteiger partial charge on any atom is 0.247 e. The fourth-order valence-electron chi connectivity index (χ4n) is 3.98. The number of hydrogen-bond donors (Lipinski definition) is 2. The molecule has 0 bridgehead atoms. The van der Waals surface area contributed by atoms with Gasteiger partial charge in [0.1, 0.15) is 22.9 Å². The molecule has 2 aromatic rings. The van der Waals surface area contributed by atoms with Gasteiger partial charge in [-0.2, -0.15) is 4.31 Å². The van der Waals surface area contributed by atoms with Crippen molar-refractivity contribution in [1.29, 1.82) is 0 Å². The number of likely N-dealkylation sites (N-methyl/N-ethyl adjacent to an activating group) is 1. The van der Waals surface area contributed by atoms with Crippen LogP contribution in [0, 0.1) is 17.8 Å². The van der Waals surface area contributed by atoms with Crippen molar-refractivity contribution in [3.8, 4) is 17.6 Å². The van der Waals surface area contributed by atoms with Crippen LogP contribution in [0.3, 0.4) is 0 Å². The van der Waals surface area contributed by atoms with Gasteiger partial charge in [0.2, 0.25) is 10.0 Å². The minimum Gasteiger partial charge on any atom is -0.487 e. The van der Waals surface area contributed by atoms with Gasteiger partial charge in [-0.15, -0.1) is 0 Å². The molecule has 1 heterocycles. The average Bonchev–Trinajstić information content (AvgIpc) is 2.80. The fraction of sp³-hybridized carbons (Fsp3) is 0.462. The third-order valence-electron chi connectivity index (χ3n) is 5.88. The molecule has 0 amide bonds. The minimum absolute atomic E-state index is 0.0537.